The van der Waals surface area contributed by atoms with Crippen molar-refractivity contribution in [2.24, 2.45) is 0 Å². The highest BCUT2D eigenvalue weighted by atomic mass is 35.5. The highest BCUT2D eigenvalue weighted by Gasteiger charge is 2.58. The van der Waals surface area contributed by atoms with Crippen LogP contribution in [0.2, 0.25) is 0 Å². The van der Waals surface area contributed by atoms with E-state index in [0.717, 1.165) is 19.5 Å². The molecule has 2 fully saturated rings. The zero-order valence-corrected chi connectivity index (χ0v) is 10.7. The van der Waals surface area contributed by atoms with Gasteiger partial charge in [0.25, 0.3) is 5.92 Å². The van der Waals surface area contributed by atoms with Crippen LogP contribution in [0.25, 0.3) is 0 Å². The van der Waals surface area contributed by atoms with Crippen molar-refractivity contribution in [3.63, 3.8) is 0 Å². The van der Waals surface area contributed by atoms with E-state index >= 15 is 0 Å². The van der Waals surface area contributed by atoms with E-state index < -0.39 is 11.8 Å². The van der Waals surface area contributed by atoms with E-state index in [9.17, 15) is 8.78 Å². The van der Waals surface area contributed by atoms with E-state index in [4.69, 9.17) is 0 Å². The third-order valence-corrected chi connectivity index (χ3v) is 3.26. The van der Waals surface area contributed by atoms with Gasteiger partial charge in [-0.15, -0.1) is 24.8 Å². The molecule has 3 rings (SSSR count). The summed E-state index contributed by atoms with van der Waals surface area (Å²) in [6, 6.07) is 0.339. The summed E-state index contributed by atoms with van der Waals surface area (Å²) in [5.41, 5.74) is 0.687. The Morgan fingerprint density at radius 2 is 2.12 bits per heavy atom. The minimum atomic E-state index is -2.48. The summed E-state index contributed by atoms with van der Waals surface area (Å²) in [4.78, 5) is 0. The molecule has 1 N–H and O–H groups in total. The third kappa shape index (κ3) is 2.72. The van der Waals surface area contributed by atoms with Gasteiger partial charge in [-0.05, 0) is 18.5 Å². The fourth-order valence-corrected chi connectivity index (χ4v) is 2.17. The van der Waals surface area contributed by atoms with Crippen molar-refractivity contribution in [2.45, 2.75) is 30.7 Å². The minimum Gasteiger partial charge on any atom is -0.315 e. The van der Waals surface area contributed by atoms with E-state index in [1.54, 1.807) is 12.4 Å². The quantitative estimate of drug-likeness (QED) is 0.904. The second kappa shape index (κ2) is 5.08. The van der Waals surface area contributed by atoms with Crippen LogP contribution in [0, 0.1) is 0 Å². The SMILES string of the molecule is Cl.Cl.FC1(F)CC1c1cnn(C2CCNC2)c1. The number of hydrogen-bond acceptors (Lipinski definition) is 2. The summed E-state index contributed by atoms with van der Waals surface area (Å²) in [6.45, 7) is 1.88. The number of hydrogen-bond donors (Lipinski definition) is 1. The Morgan fingerprint density at radius 3 is 2.65 bits per heavy atom. The van der Waals surface area contributed by atoms with Crippen LogP contribution in [0.4, 0.5) is 8.78 Å². The molecule has 0 radical (unpaired) electrons. The van der Waals surface area contributed by atoms with Crippen molar-refractivity contribution >= 4 is 24.8 Å². The van der Waals surface area contributed by atoms with Crippen LogP contribution in [0.5, 0.6) is 0 Å². The van der Waals surface area contributed by atoms with Gasteiger partial charge in [0.2, 0.25) is 0 Å². The Balaban J connectivity index is 0.000000722. The Bertz CT molecular complexity index is 358. The third-order valence-electron chi connectivity index (χ3n) is 3.26. The van der Waals surface area contributed by atoms with Gasteiger partial charge in [-0.1, -0.05) is 0 Å². The molecule has 1 aromatic heterocycles. The maximum Gasteiger partial charge on any atom is 0.256 e. The predicted octanol–water partition coefficient (Wildman–Crippen LogP) is 2.38. The van der Waals surface area contributed by atoms with Gasteiger partial charge in [0.15, 0.2) is 0 Å². The number of nitrogens with zero attached hydrogens (tertiary/aromatic N) is 2. The number of rotatable bonds is 2. The van der Waals surface area contributed by atoms with E-state index in [1.165, 1.54) is 0 Å². The highest BCUT2D eigenvalue weighted by Crippen LogP contribution is 2.55. The first kappa shape index (κ1) is 14.7. The minimum absolute atomic E-state index is 0. The highest BCUT2D eigenvalue weighted by molar-refractivity contribution is 5.85. The molecule has 2 heterocycles. The molecule has 1 aliphatic heterocycles. The van der Waals surface area contributed by atoms with Gasteiger partial charge in [0, 0.05) is 19.2 Å². The van der Waals surface area contributed by atoms with E-state index in [-0.39, 0.29) is 31.2 Å². The smallest absolute Gasteiger partial charge is 0.256 e. The second-order valence-corrected chi connectivity index (χ2v) is 4.42. The van der Waals surface area contributed by atoms with Crippen molar-refractivity contribution in [2.75, 3.05) is 13.1 Å². The Hall–Kier alpha value is -0.390. The van der Waals surface area contributed by atoms with Crippen LogP contribution >= 0.6 is 24.8 Å². The second-order valence-electron chi connectivity index (χ2n) is 4.42. The fourth-order valence-electron chi connectivity index (χ4n) is 2.17. The zero-order valence-electron chi connectivity index (χ0n) is 9.10. The van der Waals surface area contributed by atoms with E-state index in [1.807, 2.05) is 4.68 Å². The lowest BCUT2D eigenvalue weighted by Gasteiger charge is -2.07. The van der Waals surface area contributed by atoms with Crippen molar-refractivity contribution in [3.8, 4) is 0 Å². The molecule has 98 valence electrons. The summed E-state index contributed by atoms with van der Waals surface area (Å²) in [7, 11) is 0. The summed E-state index contributed by atoms with van der Waals surface area (Å²) in [5.74, 6) is -3.07. The van der Waals surface area contributed by atoms with Crippen LogP contribution in [-0.2, 0) is 0 Å². The van der Waals surface area contributed by atoms with Gasteiger partial charge in [-0.2, -0.15) is 5.10 Å². The molecule has 1 aliphatic carbocycles. The first-order valence-electron chi connectivity index (χ1n) is 5.29. The standard InChI is InChI=1S/C10H13F2N3.2ClH/c11-10(12)3-9(10)7-4-14-15(6-7)8-1-2-13-5-8;;/h4,6,8-9,13H,1-3,5H2;2*1H. The molecule has 2 aliphatic rings. The van der Waals surface area contributed by atoms with Crippen molar-refractivity contribution < 1.29 is 8.78 Å². The predicted molar refractivity (Wildman–Crippen MR) is 65.6 cm³/mol. The van der Waals surface area contributed by atoms with Crippen LogP contribution < -0.4 is 5.32 Å². The summed E-state index contributed by atoms with van der Waals surface area (Å²) < 4.78 is 27.5. The van der Waals surface area contributed by atoms with E-state index in [2.05, 4.69) is 10.4 Å². The molecule has 17 heavy (non-hydrogen) atoms. The normalized spacial score (nSPS) is 29.3. The first-order chi connectivity index (χ1) is 7.17. The molecular formula is C10H15Cl2F2N3. The van der Waals surface area contributed by atoms with Crippen molar-refractivity contribution in [3.05, 3.63) is 18.0 Å². The van der Waals surface area contributed by atoms with Gasteiger partial charge in [0.1, 0.15) is 0 Å². The largest absolute Gasteiger partial charge is 0.315 e. The van der Waals surface area contributed by atoms with E-state index in [0.29, 0.717) is 11.6 Å². The molecule has 3 nitrogen and oxygen atoms in total. The molecule has 0 spiro atoms. The van der Waals surface area contributed by atoms with Crippen LogP contribution in [0.15, 0.2) is 12.4 Å². The average molecular weight is 286 g/mol. The number of aromatic nitrogens is 2. The van der Waals surface area contributed by atoms with Crippen LogP contribution in [0.1, 0.15) is 30.4 Å². The molecule has 7 heteroatoms. The number of halogens is 4. The molecule has 1 aromatic rings. The summed E-state index contributed by atoms with van der Waals surface area (Å²) >= 11 is 0. The maximum absolute atomic E-state index is 12.8. The Morgan fingerprint density at radius 1 is 1.41 bits per heavy atom. The number of nitrogens with one attached hydrogen (secondary N) is 1. The van der Waals surface area contributed by atoms with Crippen LogP contribution in [-0.4, -0.2) is 28.8 Å². The van der Waals surface area contributed by atoms with Crippen molar-refractivity contribution in [1.29, 1.82) is 0 Å². The Labute approximate surface area is 111 Å². The van der Waals surface area contributed by atoms with Crippen molar-refractivity contribution in [1.82, 2.24) is 15.1 Å². The molecule has 1 saturated heterocycles. The van der Waals surface area contributed by atoms with Gasteiger partial charge in [-0.3, -0.25) is 4.68 Å². The lowest BCUT2D eigenvalue weighted by molar-refractivity contribution is 0.112. The number of alkyl halides is 2. The molecule has 2 atom stereocenters. The van der Waals surface area contributed by atoms with Crippen LogP contribution in [0.3, 0.4) is 0 Å². The molecular weight excluding hydrogens is 271 g/mol. The molecule has 0 bridgehead atoms. The maximum atomic E-state index is 12.8. The fraction of sp³-hybridized carbons (Fsp3) is 0.700. The lowest BCUT2D eigenvalue weighted by Crippen LogP contribution is -2.13. The average Bonchev–Trinajstić information content (AvgIpc) is 2.73. The molecule has 0 amide bonds. The monoisotopic (exact) mass is 285 g/mol. The molecule has 0 aromatic carbocycles. The van der Waals surface area contributed by atoms with Gasteiger partial charge in [-0.25, -0.2) is 8.78 Å². The summed E-state index contributed by atoms with van der Waals surface area (Å²) in [5, 5.41) is 7.40. The van der Waals surface area contributed by atoms with Gasteiger partial charge in [0.05, 0.1) is 18.2 Å². The first-order valence-corrected chi connectivity index (χ1v) is 5.29. The van der Waals surface area contributed by atoms with Gasteiger partial charge < -0.3 is 5.32 Å². The molecule has 2 unspecified atom stereocenters. The Kier molecular flexibility index (Phi) is 4.38. The topological polar surface area (TPSA) is 29.9 Å². The lowest BCUT2D eigenvalue weighted by atomic mass is 10.2. The summed E-state index contributed by atoms with van der Waals surface area (Å²) in [6.07, 6.45) is 4.39. The zero-order chi connectivity index (χ0) is 10.5. The molecule has 1 saturated carbocycles. The van der Waals surface area contributed by atoms with Gasteiger partial charge >= 0.3 is 0 Å².